The lowest BCUT2D eigenvalue weighted by molar-refractivity contribution is 0.153. The van der Waals surface area contributed by atoms with Gasteiger partial charge in [-0.3, -0.25) is 9.78 Å². The van der Waals surface area contributed by atoms with Gasteiger partial charge >= 0.3 is 0 Å². The zero-order chi connectivity index (χ0) is 18.0. The molecule has 3 aromatic heterocycles. The van der Waals surface area contributed by atoms with Crippen molar-refractivity contribution in [2.24, 2.45) is 0 Å². The summed E-state index contributed by atoms with van der Waals surface area (Å²) in [4.78, 5) is 20.0. The largest absolute Gasteiger partial charge is 0.385 e. The maximum atomic E-state index is 13.6. The highest BCUT2D eigenvalue weighted by Gasteiger charge is 2.20. The lowest BCUT2D eigenvalue weighted by Crippen LogP contribution is -2.18. The minimum Gasteiger partial charge on any atom is -0.385 e. The maximum Gasteiger partial charge on any atom is 0.264 e. The van der Waals surface area contributed by atoms with Crippen molar-refractivity contribution in [3.8, 4) is 10.6 Å². The van der Waals surface area contributed by atoms with Gasteiger partial charge in [0.25, 0.3) is 12.0 Å². The molecule has 3 aromatic rings. The summed E-state index contributed by atoms with van der Waals surface area (Å²) in [5.41, 5.74) is -0.419. The Morgan fingerprint density at radius 3 is 2.92 bits per heavy atom. The highest BCUT2D eigenvalue weighted by atomic mass is 32.1. The zero-order valence-electron chi connectivity index (χ0n) is 13.3. The van der Waals surface area contributed by atoms with Crippen molar-refractivity contribution in [1.82, 2.24) is 14.5 Å². The molecule has 25 heavy (non-hydrogen) atoms. The van der Waals surface area contributed by atoms with Crippen LogP contribution in [0.15, 0.2) is 28.4 Å². The number of alkyl halides is 2. The van der Waals surface area contributed by atoms with Crippen LogP contribution >= 0.6 is 23.6 Å². The van der Waals surface area contributed by atoms with Crippen LogP contribution in [0, 0.1) is 4.77 Å². The van der Waals surface area contributed by atoms with Crippen LogP contribution in [0.1, 0.15) is 18.4 Å². The Morgan fingerprint density at radius 2 is 2.28 bits per heavy atom. The molecular weight excluding hydrogens is 368 g/mol. The van der Waals surface area contributed by atoms with Gasteiger partial charge in [0.2, 0.25) is 0 Å². The predicted octanol–water partition coefficient (Wildman–Crippen LogP) is 4.16. The number of aryl methyl sites for hydroxylation is 1. The van der Waals surface area contributed by atoms with Crippen LogP contribution in [0.2, 0.25) is 0 Å². The third kappa shape index (κ3) is 3.53. The monoisotopic (exact) mass is 383 g/mol. The van der Waals surface area contributed by atoms with Gasteiger partial charge in [-0.2, -0.15) is 0 Å². The number of rotatable bonds is 6. The molecule has 0 aliphatic heterocycles. The molecule has 0 bridgehead atoms. The average molecular weight is 383 g/mol. The van der Waals surface area contributed by atoms with Crippen LogP contribution < -0.4 is 5.56 Å². The number of aromatic nitrogens is 3. The van der Waals surface area contributed by atoms with Crippen molar-refractivity contribution in [3.05, 3.63) is 44.3 Å². The van der Waals surface area contributed by atoms with E-state index in [0.29, 0.717) is 25.3 Å². The molecule has 0 spiro atoms. The van der Waals surface area contributed by atoms with Gasteiger partial charge in [-0.15, -0.1) is 11.3 Å². The standard InChI is InChI=1S/C16H15F2N3O2S2/c1-23-6-3-5-21-14-12(15(22)20-16(21)24)9(13(17)18)8-10(19-14)11-4-2-7-25-11/h2,4,7-8,13H,3,5-6H2,1H3,(H,20,22,24). The van der Waals surface area contributed by atoms with E-state index in [4.69, 9.17) is 17.0 Å². The second kappa shape index (κ2) is 7.51. The van der Waals surface area contributed by atoms with E-state index in [1.807, 2.05) is 11.4 Å². The van der Waals surface area contributed by atoms with Gasteiger partial charge in [0.1, 0.15) is 5.65 Å². The van der Waals surface area contributed by atoms with Crippen LogP contribution in [0.3, 0.4) is 0 Å². The van der Waals surface area contributed by atoms with Crippen LogP contribution in [-0.2, 0) is 11.3 Å². The number of ether oxygens (including phenoxy) is 1. The number of methoxy groups -OCH3 is 1. The Bertz CT molecular complexity index is 997. The fraction of sp³-hybridized carbons (Fsp3) is 0.312. The van der Waals surface area contributed by atoms with Crippen molar-refractivity contribution in [2.45, 2.75) is 19.4 Å². The smallest absolute Gasteiger partial charge is 0.264 e. The fourth-order valence-corrected chi connectivity index (χ4v) is 3.56. The molecule has 0 amide bonds. The zero-order valence-corrected chi connectivity index (χ0v) is 14.9. The Labute approximate surface area is 150 Å². The van der Waals surface area contributed by atoms with E-state index in [1.165, 1.54) is 17.4 Å². The number of thiophene rings is 1. The van der Waals surface area contributed by atoms with Crippen LogP contribution in [0.5, 0.6) is 0 Å². The molecule has 3 rings (SSSR count). The fourth-order valence-electron chi connectivity index (χ4n) is 2.60. The van der Waals surface area contributed by atoms with Gasteiger partial charge in [-0.05, 0) is 36.2 Å². The molecule has 9 heteroatoms. The number of nitrogens with zero attached hydrogens (tertiary/aromatic N) is 2. The number of H-pyrrole nitrogens is 1. The highest BCUT2D eigenvalue weighted by molar-refractivity contribution is 7.71. The molecule has 0 aliphatic rings. The van der Waals surface area contributed by atoms with Gasteiger partial charge < -0.3 is 9.30 Å². The van der Waals surface area contributed by atoms with E-state index >= 15 is 0 Å². The molecular formula is C16H15F2N3O2S2. The van der Waals surface area contributed by atoms with E-state index in [0.717, 1.165) is 4.88 Å². The molecule has 0 aliphatic carbocycles. The van der Waals surface area contributed by atoms with Gasteiger partial charge in [-0.1, -0.05) is 6.07 Å². The van der Waals surface area contributed by atoms with Crippen molar-refractivity contribution < 1.29 is 13.5 Å². The van der Waals surface area contributed by atoms with E-state index in [9.17, 15) is 13.6 Å². The maximum absolute atomic E-state index is 13.6. The normalized spacial score (nSPS) is 11.5. The SMILES string of the molecule is COCCCn1c(=S)[nH]c(=O)c2c(C(F)F)cc(-c3cccs3)nc21. The van der Waals surface area contributed by atoms with Crippen molar-refractivity contribution in [3.63, 3.8) is 0 Å². The average Bonchev–Trinajstić information content (AvgIpc) is 3.11. The first-order valence-corrected chi connectivity index (χ1v) is 8.80. The number of fused-ring (bicyclic) bond motifs is 1. The second-order valence-corrected chi connectivity index (χ2v) is 6.66. The molecule has 132 valence electrons. The minimum absolute atomic E-state index is 0.124. The van der Waals surface area contributed by atoms with E-state index in [-0.39, 0.29) is 21.4 Å². The van der Waals surface area contributed by atoms with Crippen molar-refractivity contribution >= 4 is 34.6 Å². The summed E-state index contributed by atoms with van der Waals surface area (Å²) in [6, 6.07) is 4.89. The second-order valence-electron chi connectivity index (χ2n) is 5.33. The molecule has 3 heterocycles. The number of hydrogen-bond donors (Lipinski definition) is 1. The lowest BCUT2D eigenvalue weighted by atomic mass is 10.1. The van der Waals surface area contributed by atoms with E-state index in [2.05, 4.69) is 9.97 Å². The summed E-state index contributed by atoms with van der Waals surface area (Å²) in [7, 11) is 1.58. The Hall–Kier alpha value is -1.97. The number of halogens is 2. The Balaban J connectivity index is 2.32. The number of nitrogens with one attached hydrogen (secondary N) is 1. The molecule has 0 saturated heterocycles. The van der Waals surface area contributed by atoms with Gasteiger partial charge in [-0.25, -0.2) is 13.8 Å². The summed E-state index contributed by atoms with van der Waals surface area (Å²) in [6.45, 7) is 0.887. The van der Waals surface area contributed by atoms with Gasteiger partial charge in [0, 0.05) is 25.8 Å². The Kier molecular flexibility index (Phi) is 5.36. The van der Waals surface area contributed by atoms with E-state index < -0.39 is 12.0 Å². The minimum atomic E-state index is -2.80. The number of hydrogen-bond acceptors (Lipinski definition) is 5. The topological polar surface area (TPSA) is 59.9 Å². The molecule has 1 N–H and O–H groups in total. The van der Waals surface area contributed by atoms with Crippen LogP contribution in [0.4, 0.5) is 8.78 Å². The first kappa shape index (κ1) is 17.8. The summed E-state index contributed by atoms with van der Waals surface area (Å²) < 4.78 is 34.0. The first-order chi connectivity index (χ1) is 12.0. The molecule has 0 aromatic carbocycles. The van der Waals surface area contributed by atoms with Gasteiger partial charge in [0.15, 0.2) is 4.77 Å². The summed E-state index contributed by atoms with van der Waals surface area (Å²) in [5.74, 6) is 0. The van der Waals surface area contributed by atoms with Crippen molar-refractivity contribution in [1.29, 1.82) is 0 Å². The predicted molar refractivity (Wildman–Crippen MR) is 96.0 cm³/mol. The molecule has 0 atom stereocenters. The third-order valence-electron chi connectivity index (χ3n) is 3.72. The van der Waals surface area contributed by atoms with Crippen molar-refractivity contribution in [2.75, 3.05) is 13.7 Å². The summed E-state index contributed by atoms with van der Waals surface area (Å²) in [6.07, 6.45) is -2.19. The Morgan fingerprint density at radius 1 is 1.48 bits per heavy atom. The molecule has 0 unspecified atom stereocenters. The van der Waals surface area contributed by atoms with E-state index in [1.54, 1.807) is 17.7 Å². The van der Waals surface area contributed by atoms with Crippen LogP contribution in [-0.4, -0.2) is 28.3 Å². The van der Waals surface area contributed by atoms with Gasteiger partial charge in [0.05, 0.1) is 16.0 Å². The summed E-state index contributed by atoms with van der Waals surface area (Å²) in [5, 5.41) is 1.72. The molecule has 0 saturated carbocycles. The molecule has 5 nitrogen and oxygen atoms in total. The number of pyridine rings is 1. The number of aromatic amines is 1. The third-order valence-corrected chi connectivity index (χ3v) is 4.93. The first-order valence-electron chi connectivity index (χ1n) is 7.51. The van der Waals surface area contributed by atoms with Crippen LogP contribution in [0.25, 0.3) is 21.6 Å². The quantitative estimate of drug-likeness (QED) is 0.513. The highest BCUT2D eigenvalue weighted by Crippen LogP contribution is 2.31. The molecule has 0 radical (unpaired) electrons. The summed E-state index contributed by atoms with van der Waals surface area (Å²) >= 11 is 6.60. The lowest BCUT2D eigenvalue weighted by Gasteiger charge is -2.13. The molecule has 0 fully saturated rings.